The van der Waals surface area contributed by atoms with Crippen LogP contribution in [0.4, 0.5) is 0 Å². The van der Waals surface area contributed by atoms with Crippen molar-refractivity contribution in [2.75, 3.05) is 0 Å². The van der Waals surface area contributed by atoms with Crippen molar-refractivity contribution in [1.82, 2.24) is 4.57 Å². The summed E-state index contributed by atoms with van der Waals surface area (Å²) in [6, 6.07) is 10.8. The quantitative estimate of drug-likeness (QED) is 0.442. The third-order valence-corrected chi connectivity index (χ3v) is 4.26. The molecule has 0 radical (unpaired) electrons. The zero-order chi connectivity index (χ0) is 15.6. The van der Waals surface area contributed by atoms with Crippen LogP contribution in [0.3, 0.4) is 0 Å². The smallest absolute Gasteiger partial charge is 0.234 e. The molecule has 0 spiro atoms. The van der Waals surface area contributed by atoms with Gasteiger partial charge in [0.15, 0.2) is 0 Å². The Balaban J connectivity index is 1.98. The standard InChI is InChI=1S/C20H31N2/c1-3-5-6-7-11-15-21-16-17-22(20(21)12-4-2)18-19-13-9-8-10-14-19/h8-10,13-14,16-17H,3-7,11-12,15,18H2,1-2H3/q+1. The molecular formula is C20H31N2+. The van der Waals surface area contributed by atoms with Gasteiger partial charge in [-0.05, 0) is 24.8 Å². The maximum absolute atomic E-state index is 2.47. The normalized spacial score (nSPS) is 11.0. The first-order chi connectivity index (χ1) is 10.8. The average Bonchev–Trinajstić information content (AvgIpc) is 2.91. The number of rotatable bonds is 10. The molecule has 0 aliphatic rings. The highest BCUT2D eigenvalue weighted by atomic mass is 15.1. The minimum Gasteiger partial charge on any atom is -0.234 e. The van der Waals surface area contributed by atoms with Gasteiger partial charge < -0.3 is 0 Å². The molecule has 2 rings (SSSR count). The van der Waals surface area contributed by atoms with E-state index in [4.69, 9.17) is 0 Å². The lowest BCUT2D eigenvalue weighted by atomic mass is 10.1. The SMILES string of the molecule is CCCCCCC[n+]1ccn(Cc2ccccc2)c1CCC. The van der Waals surface area contributed by atoms with E-state index >= 15 is 0 Å². The van der Waals surface area contributed by atoms with E-state index in [0.29, 0.717) is 0 Å². The fourth-order valence-electron chi connectivity index (χ4n) is 3.02. The molecule has 0 saturated carbocycles. The highest BCUT2D eigenvalue weighted by Gasteiger charge is 2.16. The summed E-state index contributed by atoms with van der Waals surface area (Å²) in [7, 11) is 0. The van der Waals surface area contributed by atoms with Crippen molar-refractivity contribution in [3.63, 3.8) is 0 Å². The topological polar surface area (TPSA) is 8.81 Å². The van der Waals surface area contributed by atoms with Crippen LogP contribution < -0.4 is 4.57 Å². The van der Waals surface area contributed by atoms with E-state index in [0.717, 1.165) is 13.0 Å². The summed E-state index contributed by atoms with van der Waals surface area (Å²) < 4.78 is 4.89. The molecular weight excluding hydrogens is 268 g/mol. The first kappa shape index (κ1) is 16.8. The Morgan fingerprint density at radius 1 is 0.909 bits per heavy atom. The molecule has 22 heavy (non-hydrogen) atoms. The Labute approximate surface area is 135 Å². The Morgan fingerprint density at radius 3 is 2.41 bits per heavy atom. The van der Waals surface area contributed by atoms with Crippen molar-refractivity contribution >= 4 is 0 Å². The van der Waals surface area contributed by atoms with Gasteiger partial charge in [-0.3, -0.25) is 0 Å². The fraction of sp³-hybridized carbons (Fsp3) is 0.550. The molecule has 120 valence electrons. The van der Waals surface area contributed by atoms with Crippen LogP contribution in [0, 0.1) is 0 Å². The van der Waals surface area contributed by atoms with Gasteiger partial charge in [-0.2, -0.15) is 0 Å². The van der Waals surface area contributed by atoms with E-state index in [9.17, 15) is 0 Å². The second kappa shape index (κ2) is 9.45. The lowest BCUT2D eigenvalue weighted by Gasteiger charge is -2.05. The molecule has 2 aromatic rings. The van der Waals surface area contributed by atoms with Crippen molar-refractivity contribution in [3.8, 4) is 0 Å². The second-order valence-electron chi connectivity index (χ2n) is 6.19. The van der Waals surface area contributed by atoms with Gasteiger partial charge in [0, 0.05) is 6.42 Å². The van der Waals surface area contributed by atoms with Gasteiger partial charge in [0.25, 0.3) is 5.82 Å². The van der Waals surface area contributed by atoms with Crippen LogP contribution in [0.2, 0.25) is 0 Å². The number of hydrogen-bond donors (Lipinski definition) is 0. The Hall–Kier alpha value is -1.57. The summed E-state index contributed by atoms with van der Waals surface area (Å²) in [4.78, 5) is 0. The van der Waals surface area contributed by atoms with Crippen LogP contribution >= 0.6 is 0 Å². The van der Waals surface area contributed by atoms with Gasteiger partial charge in [0.05, 0.1) is 6.54 Å². The zero-order valence-electron chi connectivity index (χ0n) is 14.3. The van der Waals surface area contributed by atoms with E-state index in [1.165, 1.54) is 56.5 Å². The van der Waals surface area contributed by atoms with E-state index in [-0.39, 0.29) is 0 Å². The van der Waals surface area contributed by atoms with Gasteiger partial charge in [0.1, 0.15) is 18.9 Å². The Morgan fingerprint density at radius 2 is 1.68 bits per heavy atom. The first-order valence-corrected chi connectivity index (χ1v) is 8.96. The molecule has 0 unspecified atom stereocenters. The third kappa shape index (κ3) is 5.01. The summed E-state index contributed by atoms with van der Waals surface area (Å²) >= 11 is 0. The predicted octanol–water partition coefficient (Wildman–Crippen LogP) is 4.75. The van der Waals surface area contributed by atoms with Crippen LogP contribution in [0.15, 0.2) is 42.7 Å². The van der Waals surface area contributed by atoms with Crippen LogP contribution in [0.1, 0.15) is 63.8 Å². The highest BCUT2D eigenvalue weighted by molar-refractivity contribution is 5.15. The van der Waals surface area contributed by atoms with Gasteiger partial charge >= 0.3 is 0 Å². The molecule has 1 heterocycles. The maximum Gasteiger partial charge on any atom is 0.256 e. The van der Waals surface area contributed by atoms with Gasteiger partial charge in [-0.15, -0.1) is 0 Å². The summed E-state index contributed by atoms with van der Waals surface area (Å²) in [6.45, 7) is 6.70. The number of unbranched alkanes of at least 4 members (excludes halogenated alkanes) is 4. The van der Waals surface area contributed by atoms with Gasteiger partial charge in [-0.25, -0.2) is 9.13 Å². The van der Waals surface area contributed by atoms with Crippen molar-refractivity contribution in [2.45, 2.75) is 71.9 Å². The predicted molar refractivity (Wildman–Crippen MR) is 92.9 cm³/mol. The van der Waals surface area contributed by atoms with Crippen molar-refractivity contribution in [3.05, 3.63) is 54.1 Å². The molecule has 0 saturated heterocycles. The van der Waals surface area contributed by atoms with E-state index in [1.807, 2.05) is 0 Å². The van der Waals surface area contributed by atoms with Gasteiger partial charge in [0.2, 0.25) is 0 Å². The van der Waals surface area contributed by atoms with E-state index in [2.05, 4.69) is 65.7 Å². The van der Waals surface area contributed by atoms with Crippen molar-refractivity contribution in [2.24, 2.45) is 0 Å². The number of aryl methyl sites for hydroxylation is 1. The molecule has 0 N–H and O–H groups in total. The monoisotopic (exact) mass is 299 g/mol. The average molecular weight is 299 g/mol. The Kier molecular flexibility index (Phi) is 7.21. The summed E-state index contributed by atoms with van der Waals surface area (Å²) in [5, 5.41) is 0. The number of aromatic nitrogens is 2. The molecule has 0 bridgehead atoms. The zero-order valence-corrected chi connectivity index (χ0v) is 14.3. The Bertz CT molecular complexity index is 528. The van der Waals surface area contributed by atoms with Crippen LogP contribution in [-0.4, -0.2) is 4.57 Å². The maximum atomic E-state index is 2.47. The molecule has 2 heteroatoms. The van der Waals surface area contributed by atoms with Crippen molar-refractivity contribution < 1.29 is 4.57 Å². The minimum absolute atomic E-state index is 0.985. The van der Waals surface area contributed by atoms with Gasteiger partial charge in [-0.1, -0.05) is 63.4 Å². The van der Waals surface area contributed by atoms with Crippen molar-refractivity contribution in [1.29, 1.82) is 0 Å². The summed E-state index contributed by atoms with van der Waals surface area (Å²) in [5.74, 6) is 1.47. The first-order valence-electron chi connectivity index (χ1n) is 8.96. The lowest BCUT2D eigenvalue weighted by molar-refractivity contribution is -0.704. The summed E-state index contributed by atoms with van der Waals surface area (Å²) in [5.41, 5.74) is 1.38. The van der Waals surface area contributed by atoms with Crippen LogP contribution in [0.5, 0.6) is 0 Å². The highest BCUT2D eigenvalue weighted by Crippen LogP contribution is 2.08. The lowest BCUT2D eigenvalue weighted by Crippen LogP contribution is -2.37. The van der Waals surface area contributed by atoms with E-state index in [1.54, 1.807) is 0 Å². The molecule has 0 aliphatic carbocycles. The molecule has 2 nitrogen and oxygen atoms in total. The summed E-state index contributed by atoms with van der Waals surface area (Å²) in [6.07, 6.45) is 13.6. The largest absolute Gasteiger partial charge is 0.256 e. The molecule has 0 fully saturated rings. The fourth-order valence-corrected chi connectivity index (χ4v) is 3.02. The molecule has 0 amide bonds. The second-order valence-corrected chi connectivity index (χ2v) is 6.19. The minimum atomic E-state index is 0.985. The molecule has 1 aromatic carbocycles. The van der Waals surface area contributed by atoms with Crippen LogP contribution in [0.25, 0.3) is 0 Å². The number of hydrogen-bond acceptors (Lipinski definition) is 0. The van der Waals surface area contributed by atoms with Crippen LogP contribution in [-0.2, 0) is 19.5 Å². The number of benzene rings is 1. The number of nitrogens with zero attached hydrogens (tertiary/aromatic N) is 2. The number of imidazole rings is 1. The molecule has 1 aromatic heterocycles. The molecule has 0 aliphatic heterocycles. The molecule has 0 atom stereocenters. The third-order valence-electron chi connectivity index (χ3n) is 4.26. The van der Waals surface area contributed by atoms with E-state index < -0.39 is 0 Å².